The summed E-state index contributed by atoms with van der Waals surface area (Å²) in [4.78, 5) is 22.3. The molecule has 6 heteroatoms. The van der Waals surface area contributed by atoms with E-state index in [-0.39, 0.29) is 24.4 Å². The Morgan fingerprint density at radius 2 is 2.05 bits per heavy atom. The Morgan fingerprint density at radius 3 is 2.70 bits per heavy atom. The highest BCUT2D eigenvalue weighted by molar-refractivity contribution is 7.99. The number of thioether (sulfide) groups is 1. The van der Waals surface area contributed by atoms with Crippen LogP contribution in [-0.4, -0.2) is 41.2 Å². The van der Waals surface area contributed by atoms with Gasteiger partial charge in [-0.2, -0.15) is 11.8 Å². The van der Waals surface area contributed by atoms with E-state index in [1.165, 1.54) is 19.3 Å². The molecule has 3 N–H and O–H groups in total. The molecule has 1 saturated carbocycles. The van der Waals surface area contributed by atoms with Crippen LogP contribution in [0.25, 0.3) is 0 Å². The number of rotatable bonds is 7. The molecule has 20 heavy (non-hydrogen) atoms. The summed E-state index contributed by atoms with van der Waals surface area (Å²) in [7, 11) is 0. The standard InChI is InChI=1S/C14H26N2O3S/c1-10(7-8-13(17)18)9-15-14(19)16-11-5-3-4-6-12(11)20-2/h10-12H,3-9H2,1-2H3,(H,17,18)(H2,15,16,19). The maximum Gasteiger partial charge on any atom is 0.315 e. The lowest BCUT2D eigenvalue weighted by Gasteiger charge is -2.31. The van der Waals surface area contributed by atoms with Crippen molar-refractivity contribution >= 4 is 23.8 Å². The van der Waals surface area contributed by atoms with Crippen molar-refractivity contribution in [2.45, 2.75) is 56.7 Å². The van der Waals surface area contributed by atoms with Gasteiger partial charge in [0.05, 0.1) is 0 Å². The fourth-order valence-corrected chi connectivity index (χ4v) is 3.44. The highest BCUT2D eigenvalue weighted by Crippen LogP contribution is 2.26. The van der Waals surface area contributed by atoms with Crippen LogP contribution in [0.2, 0.25) is 0 Å². The minimum absolute atomic E-state index is 0.127. The smallest absolute Gasteiger partial charge is 0.315 e. The zero-order valence-corrected chi connectivity index (χ0v) is 13.2. The van der Waals surface area contributed by atoms with Crippen LogP contribution in [0.4, 0.5) is 4.79 Å². The number of hydrogen-bond acceptors (Lipinski definition) is 3. The highest BCUT2D eigenvalue weighted by atomic mass is 32.2. The van der Waals surface area contributed by atoms with Crippen molar-refractivity contribution in [1.29, 1.82) is 0 Å². The Hall–Kier alpha value is -0.910. The number of carbonyl (C=O) groups excluding carboxylic acids is 1. The first-order chi connectivity index (χ1) is 9.52. The molecule has 2 amide bonds. The van der Waals surface area contributed by atoms with E-state index < -0.39 is 5.97 Å². The minimum Gasteiger partial charge on any atom is -0.481 e. The number of hydrogen-bond donors (Lipinski definition) is 3. The van der Waals surface area contributed by atoms with Crippen molar-refractivity contribution in [1.82, 2.24) is 10.6 Å². The van der Waals surface area contributed by atoms with E-state index in [2.05, 4.69) is 16.9 Å². The van der Waals surface area contributed by atoms with E-state index in [0.29, 0.717) is 18.2 Å². The normalized spacial score (nSPS) is 23.9. The molecule has 116 valence electrons. The first kappa shape index (κ1) is 17.1. The molecule has 0 aliphatic heterocycles. The molecule has 0 spiro atoms. The number of carboxylic acid groups (broad SMARTS) is 1. The lowest BCUT2D eigenvalue weighted by molar-refractivity contribution is -0.137. The maximum atomic E-state index is 11.9. The predicted octanol–water partition coefficient (Wildman–Crippen LogP) is 2.46. The quantitative estimate of drug-likeness (QED) is 0.675. The van der Waals surface area contributed by atoms with Gasteiger partial charge in [-0.25, -0.2) is 4.79 Å². The van der Waals surface area contributed by atoms with Crippen molar-refractivity contribution in [3.63, 3.8) is 0 Å². The van der Waals surface area contributed by atoms with Crippen molar-refractivity contribution in [3.8, 4) is 0 Å². The molecular weight excluding hydrogens is 276 g/mol. The zero-order chi connectivity index (χ0) is 15.0. The van der Waals surface area contributed by atoms with Crippen LogP contribution in [0.1, 0.15) is 45.4 Å². The van der Waals surface area contributed by atoms with E-state index in [4.69, 9.17) is 5.11 Å². The number of urea groups is 1. The second kappa shape index (κ2) is 9.10. The van der Waals surface area contributed by atoms with Gasteiger partial charge < -0.3 is 15.7 Å². The second-order valence-electron chi connectivity index (χ2n) is 5.56. The monoisotopic (exact) mass is 302 g/mol. The van der Waals surface area contributed by atoms with Gasteiger partial charge in [0.25, 0.3) is 0 Å². The van der Waals surface area contributed by atoms with Gasteiger partial charge in [-0.05, 0) is 31.4 Å². The van der Waals surface area contributed by atoms with E-state index in [9.17, 15) is 9.59 Å². The van der Waals surface area contributed by atoms with Gasteiger partial charge in [-0.1, -0.05) is 19.8 Å². The van der Waals surface area contributed by atoms with Gasteiger partial charge in [-0.3, -0.25) is 4.79 Å². The largest absolute Gasteiger partial charge is 0.481 e. The molecule has 1 rings (SSSR count). The molecule has 0 heterocycles. The number of carboxylic acids is 1. The lowest BCUT2D eigenvalue weighted by atomic mass is 9.95. The molecule has 0 saturated heterocycles. The number of carbonyl (C=O) groups is 2. The minimum atomic E-state index is -0.786. The first-order valence-corrected chi connectivity index (χ1v) is 8.60. The third-order valence-electron chi connectivity index (χ3n) is 3.78. The van der Waals surface area contributed by atoms with E-state index in [0.717, 1.165) is 6.42 Å². The molecule has 1 fully saturated rings. The van der Waals surface area contributed by atoms with Crippen molar-refractivity contribution in [3.05, 3.63) is 0 Å². The topological polar surface area (TPSA) is 78.4 Å². The van der Waals surface area contributed by atoms with Crippen LogP contribution >= 0.6 is 11.8 Å². The molecule has 3 atom stereocenters. The molecule has 3 unspecified atom stereocenters. The van der Waals surface area contributed by atoms with E-state index in [1.807, 2.05) is 18.7 Å². The van der Waals surface area contributed by atoms with Gasteiger partial charge in [0.2, 0.25) is 0 Å². The molecule has 1 aliphatic rings. The Morgan fingerprint density at radius 1 is 1.35 bits per heavy atom. The van der Waals surface area contributed by atoms with Crippen molar-refractivity contribution < 1.29 is 14.7 Å². The summed E-state index contributed by atoms with van der Waals surface area (Å²) in [5, 5.41) is 15.0. The first-order valence-electron chi connectivity index (χ1n) is 7.32. The number of nitrogens with one attached hydrogen (secondary N) is 2. The van der Waals surface area contributed by atoms with Gasteiger partial charge >= 0.3 is 12.0 Å². The van der Waals surface area contributed by atoms with Crippen LogP contribution in [0.3, 0.4) is 0 Å². The van der Waals surface area contributed by atoms with Gasteiger partial charge in [0.1, 0.15) is 0 Å². The molecule has 0 bridgehead atoms. The maximum absolute atomic E-state index is 11.9. The number of amides is 2. The molecular formula is C14H26N2O3S. The SMILES string of the molecule is CSC1CCCCC1NC(=O)NCC(C)CCC(=O)O. The average Bonchev–Trinajstić information content (AvgIpc) is 2.43. The van der Waals surface area contributed by atoms with Crippen LogP contribution in [-0.2, 0) is 4.79 Å². The molecule has 0 aromatic rings. The molecule has 1 aliphatic carbocycles. The Balaban J connectivity index is 2.23. The summed E-state index contributed by atoms with van der Waals surface area (Å²) in [5.41, 5.74) is 0. The molecule has 0 aromatic carbocycles. The third-order valence-corrected chi connectivity index (χ3v) is 4.95. The van der Waals surface area contributed by atoms with Gasteiger partial charge in [-0.15, -0.1) is 0 Å². The average molecular weight is 302 g/mol. The zero-order valence-electron chi connectivity index (χ0n) is 12.4. The van der Waals surface area contributed by atoms with Gasteiger partial charge in [0, 0.05) is 24.3 Å². The summed E-state index contributed by atoms with van der Waals surface area (Å²) in [6, 6.07) is 0.131. The second-order valence-corrected chi connectivity index (χ2v) is 6.63. The van der Waals surface area contributed by atoms with Crippen molar-refractivity contribution in [2.24, 2.45) is 5.92 Å². The fraction of sp³-hybridized carbons (Fsp3) is 0.857. The molecule has 5 nitrogen and oxygen atoms in total. The molecule has 0 radical (unpaired) electrons. The van der Waals surface area contributed by atoms with Gasteiger partial charge in [0.15, 0.2) is 0 Å². The summed E-state index contributed by atoms with van der Waals surface area (Å²) < 4.78 is 0. The highest BCUT2D eigenvalue weighted by Gasteiger charge is 2.25. The number of aliphatic carboxylic acids is 1. The van der Waals surface area contributed by atoms with Crippen LogP contribution in [0, 0.1) is 5.92 Å². The van der Waals surface area contributed by atoms with Crippen molar-refractivity contribution in [2.75, 3.05) is 12.8 Å². The predicted molar refractivity (Wildman–Crippen MR) is 82.1 cm³/mol. The van der Waals surface area contributed by atoms with Crippen LogP contribution in [0.15, 0.2) is 0 Å². The van der Waals surface area contributed by atoms with Crippen LogP contribution in [0.5, 0.6) is 0 Å². The Kier molecular flexibility index (Phi) is 7.80. The molecule has 0 aromatic heterocycles. The van der Waals surface area contributed by atoms with E-state index >= 15 is 0 Å². The third kappa shape index (κ3) is 6.50. The Bertz CT molecular complexity index is 326. The fourth-order valence-electron chi connectivity index (χ4n) is 2.50. The summed E-state index contributed by atoms with van der Waals surface area (Å²) >= 11 is 1.82. The summed E-state index contributed by atoms with van der Waals surface area (Å²) in [6.45, 7) is 2.48. The summed E-state index contributed by atoms with van der Waals surface area (Å²) in [6.07, 6.45) is 7.48. The summed E-state index contributed by atoms with van der Waals surface area (Å²) in [5.74, 6) is -0.606. The van der Waals surface area contributed by atoms with Crippen LogP contribution < -0.4 is 10.6 Å². The lowest BCUT2D eigenvalue weighted by Crippen LogP contribution is -2.48. The Labute approximate surface area is 125 Å². The van der Waals surface area contributed by atoms with E-state index in [1.54, 1.807) is 0 Å².